The minimum Gasteiger partial charge on any atom is -0.468 e. The van der Waals surface area contributed by atoms with E-state index in [1.165, 1.54) is 44.6 Å². The van der Waals surface area contributed by atoms with E-state index in [4.69, 9.17) is 10.5 Å². The van der Waals surface area contributed by atoms with Crippen molar-refractivity contribution in [2.75, 3.05) is 18.2 Å². The average Bonchev–Trinajstić information content (AvgIpc) is 3.52. The zero-order chi connectivity index (χ0) is 23.6. The van der Waals surface area contributed by atoms with Crippen molar-refractivity contribution in [3.05, 3.63) is 48.2 Å². The van der Waals surface area contributed by atoms with Gasteiger partial charge in [0.25, 0.3) is 5.91 Å². The highest BCUT2D eigenvalue weighted by molar-refractivity contribution is 8.00. The number of nitrogens with one attached hydrogen (secondary N) is 2. The van der Waals surface area contributed by atoms with E-state index in [1.54, 1.807) is 30.5 Å². The summed E-state index contributed by atoms with van der Waals surface area (Å²) in [5.41, 5.74) is 0.460. The number of methoxy groups -OCH3 is 1. The number of anilines is 1. The smallest absolute Gasteiger partial charge is 0.315 e. The molecule has 7 nitrogen and oxygen atoms in total. The summed E-state index contributed by atoms with van der Waals surface area (Å²) in [5, 5.41) is 20.2. The van der Waals surface area contributed by atoms with E-state index in [0.29, 0.717) is 11.4 Å². The largest absolute Gasteiger partial charge is 0.468 e. The minimum atomic E-state index is -0.514. The van der Waals surface area contributed by atoms with Gasteiger partial charge in [-0.2, -0.15) is 0 Å². The first-order chi connectivity index (χ1) is 15.9. The topological polar surface area (TPSA) is 112 Å². The summed E-state index contributed by atoms with van der Waals surface area (Å²) in [6.07, 6.45) is 8.69. The maximum absolute atomic E-state index is 12.3. The van der Waals surface area contributed by atoms with Gasteiger partial charge in [0.05, 0.1) is 19.0 Å². The van der Waals surface area contributed by atoms with Crippen molar-refractivity contribution in [1.29, 1.82) is 5.41 Å². The average molecular weight is 488 g/mol. The summed E-state index contributed by atoms with van der Waals surface area (Å²) in [4.78, 5) is 29.5. The van der Waals surface area contributed by atoms with Crippen LogP contribution in [-0.4, -0.2) is 51.9 Å². The molecule has 0 radical (unpaired) electrons. The molecule has 0 saturated heterocycles. The molecule has 0 spiro atoms. The Labute approximate surface area is 202 Å². The summed E-state index contributed by atoms with van der Waals surface area (Å²) >= 11 is 3.14. The molecule has 2 aliphatic rings. The van der Waals surface area contributed by atoms with Gasteiger partial charge in [-0.25, -0.2) is 4.98 Å². The summed E-state index contributed by atoms with van der Waals surface area (Å²) in [6.45, 7) is 0. The summed E-state index contributed by atoms with van der Waals surface area (Å²) in [5.74, 6) is -0.274. The third-order valence-electron chi connectivity index (χ3n) is 5.08. The number of amides is 1. The Morgan fingerprint density at radius 1 is 1.09 bits per heavy atom. The Bertz CT molecular complexity index is 941. The lowest BCUT2D eigenvalue weighted by molar-refractivity contribution is -0.137. The van der Waals surface area contributed by atoms with Gasteiger partial charge >= 0.3 is 5.97 Å². The Morgan fingerprint density at radius 2 is 1.76 bits per heavy atom. The van der Waals surface area contributed by atoms with Crippen molar-refractivity contribution in [3.8, 4) is 0 Å². The van der Waals surface area contributed by atoms with Crippen molar-refractivity contribution < 1.29 is 19.4 Å². The van der Waals surface area contributed by atoms with Gasteiger partial charge in [-0.3, -0.25) is 15.0 Å². The predicted molar refractivity (Wildman–Crippen MR) is 132 cm³/mol. The minimum absolute atomic E-state index is 0.0463. The van der Waals surface area contributed by atoms with Gasteiger partial charge in [-0.05, 0) is 49.9 Å². The SMILES string of the molecule is COC(=O)CSc1ccc(NC(=O)C(=N)c2ccc(SC3CC3)cc2)nc1.OC1CCCC1. The Balaban J connectivity index is 0.000000442. The number of hydrogen-bond donors (Lipinski definition) is 3. The van der Waals surface area contributed by atoms with Crippen LogP contribution in [0.4, 0.5) is 5.82 Å². The van der Waals surface area contributed by atoms with E-state index in [2.05, 4.69) is 15.0 Å². The molecule has 1 amide bonds. The second-order valence-corrected chi connectivity index (χ2v) is 10.3. The molecule has 1 aromatic carbocycles. The number of benzene rings is 1. The molecule has 33 heavy (non-hydrogen) atoms. The molecule has 3 N–H and O–H groups in total. The molecular formula is C24H29N3O4S2. The van der Waals surface area contributed by atoms with Crippen LogP contribution in [0.25, 0.3) is 0 Å². The number of nitrogens with zero attached hydrogens (tertiary/aromatic N) is 1. The number of pyridine rings is 1. The number of thioether (sulfide) groups is 2. The summed E-state index contributed by atoms with van der Waals surface area (Å²) < 4.78 is 4.58. The molecule has 1 aromatic heterocycles. The van der Waals surface area contributed by atoms with Gasteiger partial charge in [0.1, 0.15) is 11.5 Å². The van der Waals surface area contributed by atoms with Crippen LogP contribution >= 0.6 is 23.5 Å². The van der Waals surface area contributed by atoms with Gasteiger partial charge in [-0.15, -0.1) is 23.5 Å². The fraction of sp³-hybridized carbons (Fsp3) is 0.417. The standard InChI is InChI=1S/C19H19N3O3S2.C5H10O/c1-25-17(23)11-26-15-8-9-16(21-10-15)22-19(24)18(20)12-2-4-13(5-3-12)27-14-6-7-14;6-5-3-1-2-4-5/h2-5,8-10,14,20H,6-7,11H2,1H3,(H,21,22,24);5-6H,1-4H2. The van der Waals surface area contributed by atoms with E-state index < -0.39 is 5.91 Å². The maximum atomic E-state index is 12.3. The lowest BCUT2D eigenvalue weighted by atomic mass is 10.1. The molecule has 2 fully saturated rings. The van der Waals surface area contributed by atoms with Gasteiger partial charge in [0.2, 0.25) is 0 Å². The highest BCUT2D eigenvalue weighted by Gasteiger charge is 2.22. The van der Waals surface area contributed by atoms with Gasteiger partial charge in [-0.1, -0.05) is 25.0 Å². The first-order valence-electron chi connectivity index (χ1n) is 11.0. The molecular weight excluding hydrogens is 458 g/mol. The van der Waals surface area contributed by atoms with E-state index in [0.717, 1.165) is 27.9 Å². The van der Waals surface area contributed by atoms with E-state index in [1.807, 2.05) is 23.9 Å². The molecule has 0 atom stereocenters. The highest BCUT2D eigenvalue weighted by atomic mass is 32.2. The van der Waals surface area contributed by atoms with Crippen molar-refractivity contribution in [1.82, 2.24) is 4.98 Å². The zero-order valence-corrected chi connectivity index (χ0v) is 20.2. The number of hydrogen-bond acceptors (Lipinski definition) is 8. The van der Waals surface area contributed by atoms with Crippen LogP contribution in [0, 0.1) is 5.41 Å². The second kappa shape index (κ2) is 12.8. The second-order valence-electron chi connectivity index (χ2n) is 7.85. The third-order valence-corrected chi connectivity index (χ3v) is 7.39. The first-order valence-corrected chi connectivity index (χ1v) is 12.8. The molecule has 0 unspecified atom stereocenters. The Hall–Kier alpha value is -2.36. The fourth-order valence-corrected chi connectivity index (χ4v) is 4.78. The lowest BCUT2D eigenvalue weighted by Gasteiger charge is -2.07. The number of ether oxygens (including phenoxy) is 1. The van der Waals surface area contributed by atoms with Crippen LogP contribution in [0.3, 0.4) is 0 Å². The molecule has 2 saturated carbocycles. The maximum Gasteiger partial charge on any atom is 0.315 e. The number of aliphatic hydroxyl groups excluding tert-OH is 1. The van der Waals surface area contributed by atoms with E-state index >= 15 is 0 Å². The fourth-order valence-electron chi connectivity index (χ4n) is 3.03. The quantitative estimate of drug-likeness (QED) is 0.285. The molecule has 0 bridgehead atoms. The van der Waals surface area contributed by atoms with Gasteiger partial charge < -0.3 is 15.2 Å². The molecule has 1 heterocycles. The zero-order valence-electron chi connectivity index (χ0n) is 18.6. The van der Waals surface area contributed by atoms with Crippen LogP contribution < -0.4 is 5.32 Å². The van der Waals surface area contributed by atoms with Crippen LogP contribution in [0.15, 0.2) is 52.4 Å². The molecule has 0 aliphatic heterocycles. The number of rotatable bonds is 8. The van der Waals surface area contributed by atoms with Gasteiger partial charge in [0, 0.05) is 26.8 Å². The highest BCUT2D eigenvalue weighted by Crippen LogP contribution is 2.39. The number of aromatic nitrogens is 1. The number of esters is 1. The van der Waals surface area contributed by atoms with Crippen LogP contribution in [0.2, 0.25) is 0 Å². The summed E-state index contributed by atoms with van der Waals surface area (Å²) in [6, 6.07) is 10.9. The van der Waals surface area contributed by atoms with Crippen molar-refractivity contribution in [2.45, 2.75) is 59.7 Å². The predicted octanol–water partition coefficient (Wildman–Crippen LogP) is 4.53. The first kappa shape index (κ1) is 25.3. The van der Waals surface area contributed by atoms with Gasteiger partial charge in [0.15, 0.2) is 0 Å². The van der Waals surface area contributed by atoms with E-state index in [-0.39, 0.29) is 23.5 Å². The third kappa shape index (κ3) is 8.83. The lowest BCUT2D eigenvalue weighted by Crippen LogP contribution is -2.23. The molecule has 4 rings (SSSR count). The molecule has 2 aromatic rings. The molecule has 2 aliphatic carbocycles. The number of aliphatic hydroxyl groups is 1. The van der Waals surface area contributed by atoms with Crippen LogP contribution in [-0.2, 0) is 14.3 Å². The van der Waals surface area contributed by atoms with Crippen molar-refractivity contribution in [2.24, 2.45) is 0 Å². The van der Waals surface area contributed by atoms with Crippen LogP contribution in [0.1, 0.15) is 44.1 Å². The molecule has 176 valence electrons. The van der Waals surface area contributed by atoms with E-state index in [9.17, 15) is 9.59 Å². The van der Waals surface area contributed by atoms with Crippen molar-refractivity contribution in [3.63, 3.8) is 0 Å². The summed E-state index contributed by atoms with van der Waals surface area (Å²) in [7, 11) is 1.34. The number of carbonyl (C=O) groups is 2. The van der Waals surface area contributed by atoms with Crippen molar-refractivity contribution >= 4 is 46.9 Å². The number of carbonyl (C=O) groups excluding carboxylic acids is 2. The Morgan fingerprint density at radius 3 is 2.27 bits per heavy atom. The van der Waals surface area contributed by atoms with Crippen LogP contribution in [0.5, 0.6) is 0 Å². The monoisotopic (exact) mass is 487 g/mol. The molecule has 9 heteroatoms. The normalized spacial score (nSPS) is 15.3. The Kier molecular flexibility index (Phi) is 9.77.